The van der Waals surface area contributed by atoms with E-state index in [-0.39, 0.29) is 24.0 Å². The van der Waals surface area contributed by atoms with E-state index in [0.29, 0.717) is 12.6 Å². The van der Waals surface area contributed by atoms with Crippen LogP contribution in [-0.2, 0) is 13.1 Å². The third kappa shape index (κ3) is 8.26. The van der Waals surface area contributed by atoms with Crippen LogP contribution in [0.2, 0.25) is 0 Å². The van der Waals surface area contributed by atoms with Gasteiger partial charge in [-0.25, -0.2) is 4.99 Å². The Morgan fingerprint density at radius 3 is 2.42 bits per heavy atom. The lowest BCUT2D eigenvalue weighted by atomic mass is 10.1. The Hall–Kier alpha value is -2.20. The first-order chi connectivity index (χ1) is 15.5. The quantitative estimate of drug-likeness (QED) is 0.274. The molecule has 1 atom stereocenters. The second kappa shape index (κ2) is 13.5. The van der Waals surface area contributed by atoms with Gasteiger partial charge in [-0.2, -0.15) is 0 Å². The van der Waals surface area contributed by atoms with Gasteiger partial charge in [-0.3, -0.25) is 0 Å². The van der Waals surface area contributed by atoms with E-state index in [4.69, 9.17) is 14.5 Å². The Morgan fingerprint density at radius 1 is 1.09 bits per heavy atom. The monoisotopic (exact) mass is 567 g/mol. The number of ether oxygens (including phenoxy) is 2. The van der Waals surface area contributed by atoms with Gasteiger partial charge in [-0.15, -0.1) is 24.0 Å². The number of anilines is 1. The highest BCUT2D eigenvalue weighted by Crippen LogP contribution is 2.30. The van der Waals surface area contributed by atoms with Crippen molar-refractivity contribution in [3.05, 3.63) is 53.6 Å². The van der Waals surface area contributed by atoms with Gasteiger partial charge in [0.2, 0.25) is 0 Å². The third-order valence-electron chi connectivity index (χ3n) is 5.48. The topological polar surface area (TPSA) is 61.4 Å². The molecule has 0 aromatic heterocycles. The zero-order chi connectivity index (χ0) is 22.9. The molecule has 1 unspecified atom stereocenters. The van der Waals surface area contributed by atoms with Gasteiger partial charge in [0.05, 0.1) is 20.8 Å². The van der Waals surface area contributed by atoms with Crippen LogP contribution in [0.25, 0.3) is 0 Å². The van der Waals surface area contributed by atoms with Crippen LogP contribution >= 0.6 is 24.0 Å². The Bertz CT molecular complexity index is 884. The highest BCUT2D eigenvalue weighted by atomic mass is 127. The van der Waals surface area contributed by atoms with E-state index >= 15 is 0 Å². The number of rotatable bonds is 9. The lowest BCUT2D eigenvalue weighted by Crippen LogP contribution is -2.44. The van der Waals surface area contributed by atoms with Gasteiger partial charge in [0.25, 0.3) is 0 Å². The molecule has 0 amide bonds. The number of aliphatic imine (C=N–C) groups is 1. The molecule has 1 heterocycles. The average molecular weight is 568 g/mol. The van der Waals surface area contributed by atoms with Crippen molar-refractivity contribution in [2.75, 3.05) is 52.8 Å². The number of methoxy groups -OCH3 is 2. The number of halogens is 1. The summed E-state index contributed by atoms with van der Waals surface area (Å²) in [4.78, 5) is 9.38. The molecule has 7 nitrogen and oxygen atoms in total. The van der Waals surface area contributed by atoms with Crippen molar-refractivity contribution in [1.29, 1.82) is 0 Å². The summed E-state index contributed by atoms with van der Waals surface area (Å²) >= 11 is 0. The second-order valence-corrected chi connectivity index (χ2v) is 8.40. The summed E-state index contributed by atoms with van der Waals surface area (Å²) in [7, 11) is 7.54. The number of nitrogens with one attached hydrogen (secondary N) is 2. The molecule has 182 valence electrons. The molecular formula is C25H38IN5O2. The molecule has 2 N–H and O–H groups in total. The van der Waals surface area contributed by atoms with Crippen LogP contribution in [0, 0.1) is 0 Å². The molecule has 1 fully saturated rings. The maximum atomic E-state index is 5.43. The number of nitrogens with zero attached hydrogens (tertiary/aromatic N) is 3. The molecule has 33 heavy (non-hydrogen) atoms. The van der Waals surface area contributed by atoms with Crippen molar-refractivity contribution in [2.24, 2.45) is 4.99 Å². The largest absolute Gasteiger partial charge is 0.497 e. The fourth-order valence-electron chi connectivity index (χ4n) is 3.96. The fourth-order valence-corrected chi connectivity index (χ4v) is 3.96. The van der Waals surface area contributed by atoms with Crippen LogP contribution in [0.4, 0.5) is 5.69 Å². The zero-order valence-electron chi connectivity index (χ0n) is 20.4. The lowest BCUT2D eigenvalue weighted by molar-refractivity contribution is 0.394. The molecule has 1 aliphatic rings. The van der Waals surface area contributed by atoms with Crippen LogP contribution in [0.1, 0.15) is 24.5 Å². The summed E-state index contributed by atoms with van der Waals surface area (Å²) in [6, 6.07) is 15.0. The van der Waals surface area contributed by atoms with Crippen molar-refractivity contribution in [1.82, 2.24) is 15.5 Å². The maximum Gasteiger partial charge on any atom is 0.191 e. The van der Waals surface area contributed by atoms with E-state index in [1.165, 1.54) is 11.1 Å². The number of hydrogen-bond donors (Lipinski definition) is 2. The first-order valence-corrected chi connectivity index (χ1v) is 11.3. The molecule has 8 heteroatoms. The molecule has 0 radical (unpaired) electrons. The van der Waals surface area contributed by atoms with E-state index in [0.717, 1.165) is 55.7 Å². The van der Waals surface area contributed by atoms with E-state index in [2.05, 4.69) is 77.9 Å². The van der Waals surface area contributed by atoms with Gasteiger partial charge in [0.15, 0.2) is 5.96 Å². The average Bonchev–Trinajstić information content (AvgIpc) is 3.25. The van der Waals surface area contributed by atoms with Crippen LogP contribution in [0.15, 0.2) is 47.5 Å². The Labute approximate surface area is 215 Å². The second-order valence-electron chi connectivity index (χ2n) is 8.40. The van der Waals surface area contributed by atoms with Crippen molar-refractivity contribution >= 4 is 35.6 Å². The minimum absolute atomic E-state index is 0. The first-order valence-electron chi connectivity index (χ1n) is 11.3. The van der Waals surface area contributed by atoms with Gasteiger partial charge in [0, 0.05) is 56.1 Å². The molecule has 0 bridgehead atoms. The Balaban J connectivity index is 0.00000385. The van der Waals surface area contributed by atoms with Gasteiger partial charge >= 0.3 is 0 Å². The standard InChI is InChI=1S/C25H37N5O2.HI/c1-6-26-25(27-16-19-8-7-9-20(12-19)17-29(2)3)28-21-10-11-30(18-21)22-13-23(31-4)15-24(14-22)32-5;/h7-9,12-15,21H,6,10-11,16-18H2,1-5H3,(H2,26,27,28);1H. The molecular weight excluding hydrogens is 529 g/mol. The lowest BCUT2D eigenvalue weighted by Gasteiger charge is -2.21. The summed E-state index contributed by atoms with van der Waals surface area (Å²) in [6.45, 7) is 6.39. The van der Waals surface area contributed by atoms with Crippen molar-refractivity contribution in [3.63, 3.8) is 0 Å². The van der Waals surface area contributed by atoms with E-state index in [9.17, 15) is 0 Å². The Morgan fingerprint density at radius 2 is 1.79 bits per heavy atom. The van der Waals surface area contributed by atoms with Crippen LogP contribution < -0.4 is 25.0 Å². The maximum absolute atomic E-state index is 5.43. The SMILES string of the molecule is CCNC(=NCc1cccc(CN(C)C)c1)NC1CCN(c2cc(OC)cc(OC)c2)C1.I. The minimum atomic E-state index is 0. The Kier molecular flexibility index (Phi) is 11.1. The molecule has 3 rings (SSSR count). The molecule has 0 aliphatic carbocycles. The smallest absolute Gasteiger partial charge is 0.191 e. The highest BCUT2D eigenvalue weighted by molar-refractivity contribution is 14.0. The molecule has 2 aromatic carbocycles. The number of guanidine groups is 1. The number of benzene rings is 2. The zero-order valence-corrected chi connectivity index (χ0v) is 22.8. The van der Waals surface area contributed by atoms with Gasteiger partial charge in [-0.1, -0.05) is 24.3 Å². The van der Waals surface area contributed by atoms with E-state index in [1.54, 1.807) is 14.2 Å². The molecule has 0 saturated carbocycles. The summed E-state index contributed by atoms with van der Waals surface area (Å²) in [6.07, 6.45) is 1.04. The van der Waals surface area contributed by atoms with Crippen LogP contribution in [0.5, 0.6) is 11.5 Å². The predicted octanol–water partition coefficient (Wildman–Crippen LogP) is 3.72. The normalized spacial score (nSPS) is 15.9. The predicted molar refractivity (Wildman–Crippen MR) is 147 cm³/mol. The van der Waals surface area contributed by atoms with Crippen molar-refractivity contribution < 1.29 is 9.47 Å². The third-order valence-corrected chi connectivity index (χ3v) is 5.48. The molecule has 0 spiro atoms. The van der Waals surface area contributed by atoms with Crippen LogP contribution in [-0.4, -0.2) is 64.9 Å². The summed E-state index contributed by atoms with van der Waals surface area (Å²) in [5.41, 5.74) is 3.64. The fraction of sp³-hybridized carbons (Fsp3) is 0.480. The van der Waals surface area contributed by atoms with Gasteiger partial charge in [-0.05, 0) is 38.6 Å². The van der Waals surface area contributed by atoms with Crippen molar-refractivity contribution in [3.8, 4) is 11.5 Å². The first kappa shape index (κ1) is 27.0. The summed E-state index contributed by atoms with van der Waals surface area (Å²) < 4.78 is 10.9. The van der Waals surface area contributed by atoms with E-state index < -0.39 is 0 Å². The molecule has 2 aromatic rings. The van der Waals surface area contributed by atoms with Crippen molar-refractivity contribution in [2.45, 2.75) is 32.5 Å². The van der Waals surface area contributed by atoms with E-state index in [1.807, 2.05) is 6.07 Å². The van der Waals surface area contributed by atoms with Gasteiger partial charge in [0.1, 0.15) is 11.5 Å². The molecule has 1 saturated heterocycles. The molecule has 1 aliphatic heterocycles. The summed E-state index contributed by atoms with van der Waals surface area (Å²) in [5.74, 6) is 2.48. The summed E-state index contributed by atoms with van der Waals surface area (Å²) in [5, 5.41) is 7.01. The number of hydrogen-bond acceptors (Lipinski definition) is 5. The minimum Gasteiger partial charge on any atom is -0.497 e. The van der Waals surface area contributed by atoms with Gasteiger partial charge < -0.3 is 29.9 Å². The van der Waals surface area contributed by atoms with Crippen LogP contribution in [0.3, 0.4) is 0 Å². The highest BCUT2D eigenvalue weighted by Gasteiger charge is 2.24.